The van der Waals surface area contributed by atoms with Gasteiger partial charge in [0.05, 0.1) is 11.9 Å². The molecule has 0 aliphatic carbocycles. The molecule has 0 spiro atoms. The molecule has 1 amide bonds. The Kier molecular flexibility index (Phi) is 8.44. The number of pyridine rings is 1. The maximum absolute atomic E-state index is 12.1. The Morgan fingerprint density at radius 2 is 1.85 bits per heavy atom. The van der Waals surface area contributed by atoms with Crippen molar-refractivity contribution in [2.75, 3.05) is 43.4 Å². The van der Waals surface area contributed by atoms with Gasteiger partial charge in [0.25, 0.3) is 0 Å². The summed E-state index contributed by atoms with van der Waals surface area (Å²) in [4.78, 5) is 28.1. The van der Waals surface area contributed by atoms with Crippen molar-refractivity contribution in [1.29, 1.82) is 0 Å². The molecule has 0 unspecified atom stereocenters. The lowest BCUT2D eigenvalue weighted by molar-refractivity contribution is 0.0240. The topological polar surface area (TPSA) is 82.4 Å². The van der Waals surface area contributed by atoms with Crippen LogP contribution in [0.5, 0.6) is 0 Å². The molecule has 0 radical (unpaired) electrons. The molecule has 1 fully saturated rings. The summed E-state index contributed by atoms with van der Waals surface area (Å²) in [6.45, 7) is 17.8. The van der Waals surface area contributed by atoms with E-state index in [1.807, 2.05) is 32.9 Å². The summed E-state index contributed by atoms with van der Waals surface area (Å²) in [6.07, 6.45) is 1.54. The van der Waals surface area contributed by atoms with Gasteiger partial charge in [-0.15, -0.1) is 13.2 Å². The standard InChI is InChI=1S/C17H26N6O2.C2H4/c1-17(2,3)25-16(24)23-10-8-22(9-11-23)13-6-7-14(20-12-13)21-15(18-4)19-5;1-2/h6-7,12H,4,8-11H2,1-3,5H3,(H,19,20,21);1-2H2. The van der Waals surface area contributed by atoms with Crippen molar-refractivity contribution in [3.8, 4) is 0 Å². The fraction of sp³-hybridized carbons (Fsp3) is 0.474. The Morgan fingerprint density at radius 3 is 2.30 bits per heavy atom. The number of carbonyl (C=O) groups is 1. The molecule has 1 aromatic heterocycles. The van der Waals surface area contributed by atoms with Crippen molar-refractivity contribution in [2.24, 2.45) is 9.98 Å². The number of guanidine groups is 1. The second-order valence-electron chi connectivity index (χ2n) is 6.69. The van der Waals surface area contributed by atoms with Crippen LogP contribution in [0.2, 0.25) is 0 Å². The van der Waals surface area contributed by atoms with E-state index in [9.17, 15) is 4.79 Å². The molecule has 0 saturated carbocycles. The molecular weight excluding hydrogens is 344 g/mol. The van der Waals surface area contributed by atoms with Crippen LogP contribution in [0.4, 0.5) is 16.3 Å². The molecule has 27 heavy (non-hydrogen) atoms. The fourth-order valence-corrected chi connectivity index (χ4v) is 2.40. The molecule has 1 aromatic rings. The number of ether oxygens (including phenoxy) is 1. The van der Waals surface area contributed by atoms with E-state index in [1.54, 1.807) is 18.1 Å². The van der Waals surface area contributed by atoms with E-state index < -0.39 is 5.60 Å². The molecule has 0 atom stereocenters. The van der Waals surface area contributed by atoms with Crippen molar-refractivity contribution in [1.82, 2.24) is 9.88 Å². The van der Waals surface area contributed by atoms with Crippen LogP contribution in [0.15, 0.2) is 41.5 Å². The summed E-state index contributed by atoms with van der Waals surface area (Å²) in [5.74, 6) is 1.08. The number of aromatic nitrogens is 1. The van der Waals surface area contributed by atoms with Gasteiger partial charge in [0.1, 0.15) is 11.4 Å². The van der Waals surface area contributed by atoms with E-state index in [0.29, 0.717) is 24.9 Å². The normalized spacial score (nSPS) is 14.7. The van der Waals surface area contributed by atoms with Crippen molar-refractivity contribution in [2.45, 2.75) is 26.4 Å². The summed E-state index contributed by atoms with van der Waals surface area (Å²) >= 11 is 0. The van der Waals surface area contributed by atoms with Crippen LogP contribution in [0, 0.1) is 0 Å². The second kappa shape index (κ2) is 10.3. The average Bonchev–Trinajstić information content (AvgIpc) is 2.67. The van der Waals surface area contributed by atoms with Crippen LogP contribution < -0.4 is 10.2 Å². The number of nitrogens with one attached hydrogen (secondary N) is 1. The number of aliphatic imine (C=N–C) groups is 2. The minimum atomic E-state index is -0.470. The largest absolute Gasteiger partial charge is 0.444 e. The number of anilines is 2. The maximum atomic E-state index is 12.1. The molecule has 1 aliphatic rings. The number of rotatable bonds is 2. The van der Waals surface area contributed by atoms with Crippen molar-refractivity contribution >= 4 is 30.3 Å². The van der Waals surface area contributed by atoms with Gasteiger partial charge in [-0.05, 0) is 39.6 Å². The van der Waals surface area contributed by atoms with Crippen LogP contribution in [0.25, 0.3) is 0 Å². The minimum Gasteiger partial charge on any atom is -0.444 e. The molecule has 0 aromatic carbocycles. The summed E-state index contributed by atoms with van der Waals surface area (Å²) in [6, 6.07) is 3.85. The van der Waals surface area contributed by atoms with Crippen LogP contribution in [-0.2, 0) is 4.74 Å². The maximum Gasteiger partial charge on any atom is 0.410 e. The highest BCUT2D eigenvalue weighted by molar-refractivity contribution is 5.95. The molecule has 2 heterocycles. The number of amides is 1. The van der Waals surface area contributed by atoms with Gasteiger partial charge in [0, 0.05) is 33.2 Å². The molecule has 1 N–H and O–H groups in total. The summed E-state index contributed by atoms with van der Waals surface area (Å²) < 4.78 is 5.41. The first-order chi connectivity index (χ1) is 12.8. The zero-order valence-corrected chi connectivity index (χ0v) is 16.7. The molecule has 8 nitrogen and oxygen atoms in total. The highest BCUT2D eigenvalue weighted by Crippen LogP contribution is 2.18. The zero-order chi connectivity index (χ0) is 20.4. The Bertz CT molecular complexity index is 643. The zero-order valence-electron chi connectivity index (χ0n) is 16.7. The van der Waals surface area contributed by atoms with Crippen molar-refractivity contribution < 1.29 is 9.53 Å². The Balaban J connectivity index is 0.00000176. The van der Waals surface area contributed by atoms with Gasteiger partial charge >= 0.3 is 6.09 Å². The Morgan fingerprint density at radius 1 is 1.22 bits per heavy atom. The lowest BCUT2D eigenvalue weighted by atomic mass is 10.2. The molecule has 8 heteroatoms. The van der Waals surface area contributed by atoms with Crippen molar-refractivity contribution in [3.05, 3.63) is 31.5 Å². The van der Waals surface area contributed by atoms with E-state index in [1.165, 1.54) is 0 Å². The van der Waals surface area contributed by atoms with Crippen molar-refractivity contribution in [3.63, 3.8) is 0 Å². The highest BCUT2D eigenvalue weighted by atomic mass is 16.6. The fourth-order valence-electron chi connectivity index (χ4n) is 2.40. The molecule has 0 bridgehead atoms. The third kappa shape index (κ3) is 7.08. The molecule has 1 saturated heterocycles. The van der Waals surface area contributed by atoms with Gasteiger partial charge in [0.15, 0.2) is 0 Å². The van der Waals surface area contributed by atoms with E-state index >= 15 is 0 Å². The molecular formula is C19H30N6O2. The molecule has 148 valence electrons. The van der Waals surface area contributed by atoms with Gasteiger partial charge in [-0.25, -0.2) is 14.8 Å². The van der Waals surface area contributed by atoms with Gasteiger partial charge in [-0.2, -0.15) is 0 Å². The van der Waals surface area contributed by atoms with E-state index in [2.05, 4.69) is 45.1 Å². The number of hydrogen-bond donors (Lipinski definition) is 1. The monoisotopic (exact) mass is 374 g/mol. The van der Waals surface area contributed by atoms with E-state index in [0.717, 1.165) is 18.8 Å². The van der Waals surface area contributed by atoms with Crippen LogP contribution in [0.1, 0.15) is 20.8 Å². The Hall–Kier alpha value is -2.90. The van der Waals surface area contributed by atoms with Gasteiger partial charge in [-0.1, -0.05) is 0 Å². The lowest BCUT2D eigenvalue weighted by Crippen LogP contribution is -2.50. The number of hydrogen-bond acceptors (Lipinski definition) is 5. The summed E-state index contributed by atoms with van der Waals surface area (Å²) in [7, 11) is 1.63. The number of carbonyl (C=O) groups excluding carboxylic acids is 1. The average molecular weight is 374 g/mol. The number of nitrogens with zero attached hydrogens (tertiary/aromatic N) is 5. The molecule has 1 aliphatic heterocycles. The van der Waals surface area contributed by atoms with Gasteiger partial charge in [0.2, 0.25) is 5.96 Å². The first-order valence-electron chi connectivity index (χ1n) is 8.72. The lowest BCUT2D eigenvalue weighted by Gasteiger charge is -2.36. The SMILES string of the molecule is C=C.C=NC(=NC)Nc1ccc(N2CCN(C(=O)OC(C)(C)C)CC2)cn1. The summed E-state index contributed by atoms with van der Waals surface area (Å²) in [5, 5.41) is 2.97. The second-order valence-corrected chi connectivity index (χ2v) is 6.69. The highest BCUT2D eigenvalue weighted by Gasteiger charge is 2.26. The van der Waals surface area contributed by atoms with Crippen LogP contribution in [-0.4, -0.2) is 67.5 Å². The van der Waals surface area contributed by atoms with E-state index in [4.69, 9.17) is 4.74 Å². The first kappa shape index (κ1) is 22.1. The predicted molar refractivity (Wildman–Crippen MR) is 112 cm³/mol. The van der Waals surface area contributed by atoms with Crippen LogP contribution >= 0.6 is 0 Å². The smallest absolute Gasteiger partial charge is 0.410 e. The summed E-state index contributed by atoms with van der Waals surface area (Å²) in [5.41, 5.74) is 0.540. The first-order valence-corrected chi connectivity index (χ1v) is 8.72. The third-order valence-corrected chi connectivity index (χ3v) is 3.65. The molecule has 2 rings (SSSR count). The van der Waals surface area contributed by atoms with Gasteiger partial charge < -0.3 is 19.9 Å². The Labute approximate surface area is 161 Å². The number of piperazine rings is 1. The van der Waals surface area contributed by atoms with Gasteiger partial charge in [-0.3, -0.25) is 4.99 Å². The van der Waals surface area contributed by atoms with E-state index in [-0.39, 0.29) is 6.09 Å². The van der Waals surface area contributed by atoms with Crippen LogP contribution in [0.3, 0.4) is 0 Å². The third-order valence-electron chi connectivity index (χ3n) is 3.65. The quantitative estimate of drug-likeness (QED) is 0.489. The predicted octanol–water partition coefficient (Wildman–Crippen LogP) is 3.04. The minimum absolute atomic E-state index is 0.256.